The molecule has 0 fully saturated rings. The van der Waals surface area contributed by atoms with Crippen LogP contribution in [-0.2, 0) is 17.9 Å². The highest BCUT2D eigenvalue weighted by Gasteiger charge is 2.13. The molecule has 2 N–H and O–H groups in total. The van der Waals surface area contributed by atoms with Gasteiger partial charge in [0.15, 0.2) is 11.5 Å². The molecular formula is C18H18ClN5O3. The Kier molecular flexibility index (Phi) is 5.56. The van der Waals surface area contributed by atoms with Gasteiger partial charge in [-0.15, -0.1) is 0 Å². The number of rotatable bonds is 7. The summed E-state index contributed by atoms with van der Waals surface area (Å²) in [7, 11) is 0. The lowest BCUT2D eigenvalue weighted by atomic mass is 10.2. The van der Waals surface area contributed by atoms with Crippen molar-refractivity contribution >= 4 is 29.3 Å². The Morgan fingerprint density at radius 3 is 2.74 bits per heavy atom. The fraction of sp³-hybridized carbons (Fsp3) is 0.222. The summed E-state index contributed by atoms with van der Waals surface area (Å²) in [6, 6.07) is 10.8. The summed E-state index contributed by atoms with van der Waals surface area (Å²) in [5, 5.41) is 20.5. The summed E-state index contributed by atoms with van der Waals surface area (Å²) in [6.07, 6.45) is 1.51. The first kappa shape index (κ1) is 18.7. The molecular weight excluding hydrogens is 370 g/mol. The first-order chi connectivity index (χ1) is 12.9. The molecule has 3 aromatic rings. The van der Waals surface area contributed by atoms with E-state index in [0.717, 1.165) is 11.3 Å². The molecule has 8 nitrogen and oxygen atoms in total. The molecule has 0 bridgehead atoms. The van der Waals surface area contributed by atoms with Crippen LogP contribution >= 0.6 is 11.6 Å². The van der Waals surface area contributed by atoms with Gasteiger partial charge >= 0.3 is 5.97 Å². The average Bonchev–Trinajstić information content (AvgIpc) is 3.22. The number of aryl methyl sites for hydroxylation is 2. The molecule has 0 aliphatic rings. The number of carbonyl (C=O) groups excluding carboxylic acids is 1. The lowest BCUT2D eigenvalue weighted by Crippen LogP contribution is -2.14. The molecule has 0 saturated carbocycles. The fourth-order valence-corrected chi connectivity index (χ4v) is 2.71. The van der Waals surface area contributed by atoms with Gasteiger partial charge in [0.05, 0.1) is 19.5 Å². The number of hydrogen-bond donors (Lipinski definition) is 2. The monoisotopic (exact) mass is 387 g/mol. The Hall–Kier alpha value is -3.13. The van der Waals surface area contributed by atoms with Gasteiger partial charge in [-0.25, -0.2) is 0 Å². The zero-order valence-corrected chi connectivity index (χ0v) is 15.3. The average molecular weight is 388 g/mol. The minimum Gasteiger partial charge on any atom is -0.481 e. The van der Waals surface area contributed by atoms with Crippen LogP contribution in [0, 0.1) is 6.92 Å². The predicted octanol–water partition coefficient (Wildman–Crippen LogP) is 2.82. The molecule has 1 aromatic carbocycles. The van der Waals surface area contributed by atoms with Crippen LogP contribution in [0.3, 0.4) is 0 Å². The normalized spacial score (nSPS) is 10.7. The van der Waals surface area contributed by atoms with Crippen molar-refractivity contribution in [2.24, 2.45) is 0 Å². The van der Waals surface area contributed by atoms with Gasteiger partial charge in [0.25, 0.3) is 5.91 Å². The Labute approximate surface area is 160 Å². The minimum absolute atomic E-state index is 0.0611. The van der Waals surface area contributed by atoms with Crippen LogP contribution in [0.5, 0.6) is 0 Å². The third kappa shape index (κ3) is 4.73. The molecule has 9 heteroatoms. The molecule has 0 spiro atoms. The number of carboxylic acid groups (broad SMARTS) is 1. The SMILES string of the molecule is Cc1cc(NC(=O)c2ccn(CCC(=O)O)n2)nn1Cc1ccccc1Cl. The van der Waals surface area contributed by atoms with Gasteiger partial charge in [-0.05, 0) is 24.6 Å². The molecule has 0 aliphatic heterocycles. The Morgan fingerprint density at radius 1 is 1.22 bits per heavy atom. The minimum atomic E-state index is -0.920. The van der Waals surface area contributed by atoms with Gasteiger partial charge in [0, 0.05) is 23.0 Å². The highest BCUT2D eigenvalue weighted by molar-refractivity contribution is 6.31. The lowest BCUT2D eigenvalue weighted by molar-refractivity contribution is -0.137. The predicted molar refractivity (Wildman–Crippen MR) is 100.0 cm³/mol. The highest BCUT2D eigenvalue weighted by atomic mass is 35.5. The standard InChI is InChI=1S/C18H18ClN5O3/c1-12-10-16(22-24(12)11-13-4-2-3-5-14(13)19)20-18(27)15-6-8-23(21-15)9-7-17(25)26/h2-6,8,10H,7,9,11H2,1H3,(H,25,26)(H,20,22,27). The zero-order valence-electron chi connectivity index (χ0n) is 14.6. The van der Waals surface area contributed by atoms with Crippen LogP contribution in [0.2, 0.25) is 5.02 Å². The number of nitrogens with zero attached hydrogens (tertiary/aromatic N) is 4. The molecule has 0 aliphatic carbocycles. The van der Waals surface area contributed by atoms with Gasteiger partial charge in [-0.3, -0.25) is 19.0 Å². The molecule has 0 unspecified atom stereocenters. The maximum Gasteiger partial charge on any atom is 0.305 e. The highest BCUT2D eigenvalue weighted by Crippen LogP contribution is 2.18. The fourth-order valence-electron chi connectivity index (χ4n) is 2.52. The van der Waals surface area contributed by atoms with Crippen molar-refractivity contribution in [3.63, 3.8) is 0 Å². The summed E-state index contributed by atoms with van der Waals surface area (Å²) in [5.74, 6) is -0.924. The number of hydrogen-bond acceptors (Lipinski definition) is 4. The summed E-state index contributed by atoms with van der Waals surface area (Å²) < 4.78 is 3.17. The first-order valence-electron chi connectivity index (χ1n) is 8.27. The van der Waals surface area contributed by atoms with Crippen molar-refractivity contribution in [1.82, 2.24) is 19.6 Å². The summed E-state index contributed by atoms with van der Waals surface area (Å²) in [5.41, 5.74) is 2.00. The van der Waals surface area contributed by atoms with Gasteiger partial charge in [-0.2, -0.15) is 10.2 Å². The van der Waals surface area contributed by atoms with Crippen molar-refractivity contribution in [2.45, 2.75) is 26.4 Å². The van der Waals surface area contributed by atoms with E-state index in [1.165, 1.54) is 10.7 Å². The maximum atomic E-state index is 12.3. The third-order valence-corrected chi connectivity index (χ3v) is 4.30. The van der Waals surface area contributed by atoms with E-state index in [2.05, 4.69) is 15.5 Å². The molecule has 0 radical (unpaired) electrons. The van der Waals surface area contributed by atoms with E-state index in [1.807, 2.05) is 31.2 Å². The molecule has 140 valence electrons. The summed E-state index contributed by atoms with van der Waals surface area (Å²) >= 11 is 6.19. The maximum absolute atomic E-state index is 12.3. The molecule has 3 rings (SSSR count). The number of carbonyl (C=O) groups is 2. The number of halogens is 1. The zero-order chi connectivity index (χ0) is 19.4. The largest absolute Gasteiger partial charge is 0.481 e. The molecule has 0 saturated heterocycles. The van der Waals surface area contributed by atoms with Gasteiger partial charge in [0.2, 0.25) is 0 Å². The Bertz CT molecular complexity index is 979. The summed E-state index contributed by atoms with van der Waals surface area (Å²) in [6.45, 7) is 2.58. The molecule has 0 atom stereocenters. The number of benzene rings is 1. The van der Waals surface area contributed by atoms with E-state index in [9.17, 15) is 9.59 Å². The van der Waals surface area contributed by atoms with E-state index in [0.29, 0.717) is 17.4 Å². The second kappa shape index (κ2) is 8.05. The van der Waals surface area contributed by atoms with Crippen molar-refractivity contribution in [3.05, 3.63) is 64.6 Å². The molecule has 2 heterocycles. The van der Waals surface area contributed by atoms with Crippen molar-refractivity contribution < 1.29 is 14.7 Å². The summed E-state index contributed by atoms with van der Waals surface area (Å²) in [4.78, 5) is 22.9. The van der Waals surface area contributed by atoms with Crippen molar-refractivity contribution in [1.29, 1.82) is 0 Å². The van der Waals surface area contributed by atoms with E-state index in [4.69, 9.17) is 16.7 Å². The number of anilines is 1. The Morgan fingerprint density at radius 2 is 2.00 bits per heavy atom. The van der Waals surface area contributed by atoms with E-state index in [-0.39, 0.29) is 18.7 Å². The number of carboxylic acids is 1. The van der Waals surface area contributed by atoms with Crippen molar-refractivity contribution in [2.75, 3.05) is 5.32 Å². The second-order valence-electron chi connectivity index (χ2n) is 5.98. The molecule has 27 heavy (non-hydrogen) atoms. The number of aromatic nitrogens is 4. The van der Waals surface area contributed by atoms with Crippen LogP contribution in [0.4, 0.5) is 5.82 Å². The quantitative estimate of drug-likeness (QED) is 0.649. The topological polar surface area (TPSA) is 102 Å². The van der Waals surface area contributed by atoms with Crippen LogP contribution < -0.4 is 5.32 Å². The first-order valence-corrected chi connectivity index (χ1v) is 8.64. The van der Waals surface area contributed by atoms with Gasteiger partial charge in [-0.1, -0.05) is 29.8 Å². The lowest BCUT2D eigenvalue weighted by Gasteiger charge is -2.06. The number of aliphatic carboxylic acids is 1. The third-order valence-electron chi connectivity index (χ3n) is 3.93. The van der Waals surface area contributed by atoms with E-state index >= 15 is 0 Å². The van der Waals surface area contributed by atoms with Crippen LogP contribution in [0.1, 0.15) is 28.2 Å². The molecule has 1 amide bonds. The number of nitrogens with one attached hydrogen (secondary N) is 1. The Balaban J connectivity index is 1.67. The van der Waals surface area contributed by atoms with Gasteiger partial charge < -0.3 is 10.4 Å². The smallest absolute Gasteiger partial charge is 0.305 e. The van der Waals surface area contributed by atoms with Crippen molar-refractivity contribution in [3.8, 4) is 0 Å². The van der Waals surface area contributed by atoms with Crippen LogP contribution in [-0.4, -0.2) is 36.5 Å². The molecule has 2 aromatic heterocycles. The van der Waals surface area contributed by atoms with Crippen LogP contribution in [0.25, 0.3) is 0 Å². The van der Waals surface area contributed by atoms with Crippen LogP contribution in [0.15, 0.2) is 42.6 Å². The number of amides is 1. The van der Waals surface area contributed by atoms with E-state index < -0.39 is 11.9 Å². The second-order valence-corrected chi connectivity index (χ2v) is 6.39. The van der Waals surface area contributed by atoms with Gasteiger partial charge in [0.1, 0.15) is 0 Å². The van der Waals surface area contributed by atoms with E-state index in [1.54, 1.807) is 16.9 Å².